The summed E-state index contributed by atoms with van der Waals surface area (Å²) in [5.74, 6) is 1.83. The summed E-state index contributed by atoms with van der Waals surface area (Å²) in [6.45, 7) is 4.17. The van der Waals surface area contributed by atoms with Gasteiger partial charge in [0.2, 0.25) is 5.82 Å². The predicted molar refractivity (Wildman–Crippen MR) is 167 cm³/mol. The average Bonchev–Trinajstić information content (AvgIpc) is 3.45. The van der Waals surface area contributed by atoms with E-state index in [1.54, 1.807) is 43.7 Å². The van der Waals surface area contributed by atoms with Gasteiger partial charge in [-0.25, -0.2) is 4.98 Å². The van der Waals surface area contributed by atoms with E-state index in [2.05, 4.69) is 11.7 Å². The van der Waals surface area contributed by atoms with Crippen LogP contribution in [0.3, 0.4) is 0 Å². The summed E-state index contributed by atoms with van der Waals surface area (Å²) >= 11 is 6.33. The Balaban J connectivity index is 1.43. The fraction of sp³-hybridized carbons (Fsp3) is 0.0882. The number of fused-ring (bicyclic) bond motifs is 2. The van der Waals surface area contributed by atoms with Crippen LogP contribution in [0.5, 0.6) is 11.5 Å². The van der Waals surface area contributed by atoms with Crippen LogP contribution in [0.1, 0.15) is 16.7 Å². The molecule has 42 heavy (non-hydrogen) atoms. The molecule has 0 aliphatic rings. The Morgan fingerprint density at radius 1 is 1.00 bits per heavy atom. The maximum Gasteiger partial charge on any atom is 0.282 e. The number of methoxy groups -OCH3 is 1. The van der Waals surface area contributed by atoms with Crippen LogP contribution in [0.2, 0.25) is 5.02 Å². The van der Waals surface area contributed by atoms with Gasteiger partial charge in [0.15, 0.2) is 17.3 Å². The SMILES string of the molecule is C=CCc1cc(C=Nn2c(-c3cc4ccccc4o3)nc3ccccc3c2=O)cc(OC)c1OCc1ccccc1Cl. The molecule has 0 unspecified atom stereocenters. The largest absolute Gasteiger partial charge is 0.493 e. The van der Waals surface area contributed by atoms with Gasteiger partial charge in [-0.2, -0.15) is 9.78 Å². The van der Waals surface area contributed by atoms with Crippen LogP contribution < -0.4 is 15.0 Å². The van der Waals surface area contributed by atoms with E-state index in [9.17, 15) is 4.79 Å². The van der Waals surface area contributed by atoms with Gasteiger partial charge in [-0.1, -0.05) is 66.2 Å². The van der Waals surface area contributed by atoms with E-state index in [1.165, 1.54) is 4.68 Å². The van der Waals surface area contributed by atoms with Crippen molar-refractivity contribution in [1.29, 1.82) is 0 Å². The van der Waals surface area contributed by atoms with Crippen molar-refractivity contribution in [3.05, 3.63) is 136 Å². The zero-order chi connectivity index (χ0) is 29.1. The molecule has 8 heteroatoms. The van der Waals surface area contributed by atoms with Gasteiger partial charge in [0.1, 0.15) is 12.2 Å². The van der Waals surface area contributed by atoms with Crippen molar-refractivity contribution >= 4 is 39.7 Å². The van der Waals surface area contributed by atoms with Crippen LogP contribution >= 0.6 is 11.6 Å². The summed E-state index contributed by atoms with van der Waals surface area (Å²) in [6.07, 6.45) is 3.91. The fourth-order valence-electron chi connectivity index (χ4n) is 4.75. The highest BCUT2D eigenvalue weighted by Crippen LogP contribution is 2.34. The Kier molecular flexibility index (Phi) is 7.58. The van der Waals surface area contributed by atoms with Crippen LogP contribution in [-0.4, -0.2) is 23.0 Å². The molecule has 0 saturated carbocycles. The second-order valence-electron chi connectivity index (χ2n) is 9.55. The van der Waals surface area contributed by atoms with Gasteiger partial charge in [-0.3, -0.25) is 4.79 Å². The number of hydrogen-bond acceptors (Lipinski definition) is 6. The van der Waals surface area contributed by atoms with Crippen LogP contribution in [-0.2, 0) is 13.0 Å². The van der Waals surface area contributed by atoms with E-state index in [4.69, 9.17) is 30.5 Å². The summed E-state index contributed by atoms with van der Waals surface area (Å²) in [5, 5.41) is 6.57. The van der Waals surface area contributed by atoms with Gasteiger partial charge in [-0.05, 0) is 54.4 Å². The van der Waals surface area contributed by atoms with E-state index in [0.29, 0.717) is 56.6 Å². The van der Waals surface area contributed by atoms with Gasteiger partial charge in [-0.15, -0.1) is 6.58 Å². The van der Waals surface area contributed by atoms with E-state index in [-0.39, 0.29) is 12.2 Å². The minimum absolute atomic E-state index is 0.270. The molecule has 0 saturated heterocycles. The van der Waals surface area contributed by atoms with Gasteiger partial charge in [0, 0.05) is 21.5 Å². The van der Waals surface area contributed by atoms with Gasteiger partial charge >= 0.3 is 0 Å². The first-order chi connectivity index (χ1) is 20.6. The molecule has 0 aliphatic carbocycles. The second-order valence-corrected chi connectivity index (χ2v) is 9.95. The monoisotopic (exact) mass is 575 g/mol. The fourth-order valence-corrected chi connectivity index (χ4v) is 4.94. The van der Waals surface area contributed by atoms with Gasteiger partial charge < -0.3 is 13.9 Å². The zero-order valence-electron chi connectivity index (χ0n) is 22.8. The molecular weight excluding hydrogens is 550 g/mol. The first-order valence-corrected chi connectivity index (χ1v) is 13.7. The quantitative estimate of drug-likeness (QED) is 0.131. The van der Waals surface area contributed by atoms with Crippen molar-refractivity contribution in [3.63, 3.8) is 0 Å². The number of nitrogens with zero attached hydrogens (tertiary/aromatic N) is 3. The van der Waals surface area contributed by atoms with Gasteiger partial charge in [0.05, 0.1) is 24.2 Å². The number of rotatable bonds is 9. The predicted octanol–water partition coefficient (Wildman–Crippen LogP) is 7.66. The molecule has 4 aromatic carbocycles. The lowest BCUT2D eigenvalue weighted by molar-refractivity contribution is 0.282. The number of halogens is 1. The number of allylic oxidation sites excluding steroid dienone is 1. The molecule has 6 rings (SSSR count). The van der Waals surface area contributed by atoms with Crippen LogP contribution in [0, 0.1) is 0 Å². The summed E-state index contributed by atoms with van der Waals surface area (Å²) in [7, 11) is 1.58. The molecule has 6 aromatic rings. The molecule has 0 radical (unpaired) electrons. The van der Waals surface area contributed by atoms with E-state index in [0.717, 1.165) is 16.5 Å². The van der Waals surface area contributed by atoms with Crippen LogP contribution in [0.4, 0.5) is 0 Å². The zero-order valence-corrected chi connectivity index (χ0v) is 23.5. The molecule has 0 fully saturated rings. The third-order valence-electron chi connectivity index (χ3n) is 6.79. The minimum Gasteiger partial charge on any atom is -0.493 e. The average molecular weight is 576 g/mol. The lowest BCUT2D eigenvalue weighted by Crippen LogP contribution is -2.20. The lowest BCUT2D eigenvalue weighted by Gasteiger charge is -2.16. The molecule has 208 valence electrons. The Hall–Kier alpha value is -5.14. The number of ether oxygens (including phenoxy) is 2. The topological polar surface area (TPSA) is 78.9 Å². The van der Waals surface area contributed by atoms with E-state index < -0.39 is 0 Å². The Bertz CT molecular complexity index is 1990. The lowest BCUT2D eigenvalue weighted by atomic mass is 10.1. The molecule has 0 N–H and O–H groups in total. The Morgan fingerprint density at radius 2 is 1.79 bits per heavy atom. The third kappa shape index (κ3) is 5.30. The number of furan rings is 1. The maximum absolute atomic E-state index is 13.7. The number of hydrogen-bond donors (Lipinski definition) is 0. The number of para-hydroxylation sites is 2. The van der Waals surface area contributed by atoms with Crippen molar-refractivity contribution < 1.29 is 13.9 Å². The molecule has 0 aliphatic heterocycles. The highest BCUT2D eigenvalue weighted by atomic mass is 35.5. The first-order valence-electron chi connectivity index (χ1n) is 13.3. The molecular formula is C34H26ClN3O4. The number of aromatic nitrogens is 2. The molecule has 0 atom stereocenters. The molecule has 2 heterocycles. The molecule has 0 spiro atoms. The third-order valence-corrected chi connectivity index (χ3v) is 7.16. The molecule has 0 bridgehead atoms. The van der Waals surface area contributed by atoms with E-state index in [1.807, 2.05) is 66.7 Å². The smallest absolute Gasteiger partial charge is 0.282 e. The summed E-state index contributed by atoms with van der Waals surface area (Å²) in [5.41, 5.74) is 3.34. The highest BCUT2D eigenvalue weighted by Gasteiger charge is 2.17. The van der Waals surface area contributed by atoms with Crippen LogP contribution in [0.25, 0.3) is 33.5 Å². The second kappa shape index (κ2) is 11.8. The van der Waals surface area contributed by atoms with Crippen molar-refractivity contribution in [2.75, 3.05) is 7.11 Å². The van der Waals surface area contributed by atoms with Crippen LogP contribution in [0.15, 0.2) is 118 Å². The standard InChI is InChI=1S/C34H26ClN3O4/c1-3-10-24-17-22(18-30(40-2)32(24)41-21-25-12-4-7-14-27(25)35)20-36-38-33(31-19-23-11-5-9-16-29(23)42-31)37-28-15-8-6-13-26(28)34(38)39/h3-9,11-20H,1,10,21H2,2H3. The Labute approximate surface area is 246 Å². The van der Waals surface area contributed by atoms with Gasteiger partial charge in [0.25, 0.3) is 5.56 Å². The van der Waals surface area contributed by atoms with Crippen molar-refractivity contribution in [3.8, 4) is 23.1 Å². The van der Waals surface area contributed by atoms with E-state index >= 15 is 0 Å². The maximum atomic E-state index is 13.7. The molecule has 7 nitrogen and oxygen atoms in total. The molecule has 0 amide bonds. The van der Waals surface area contributed by atoms with Crippen molar-refractivity contribution in [2.45, 2.75) is 13.0 Å². The Morgan fingerprint density at radius 3 is 2.60 bits per heavy atom. The summed E-state index contributed by atoms with van der Waals surface area (Å²) < 4.78 is 19.2. The normalized spacial score (nSPS) is 11.4. The summed E-state index contributed by atoms with van der Waals surface area (Å²) in [4.78, 5) is 18.4. The minimum atomic E-state index is -0.315. The summed E-state index contributed by atoms with van der Waals surface area (Å²) in [6, 6.07) is 27.9. The van der Waals surface area contributed by atoms with Crippen molar-refractivity contribution in [2.24, 2.45) is 5.10 Å². The first kappa shape index (κ1) is 27.1. The number of benzene rings is 4. The molecule has 2 aromatic heterocycles. The highest BCUT2D eigenvalue weighted by molar-refractivity contribution is 6.31. The van der Waals surface area contributed by atoms with Crippen molar-refractivity contribution in [1.82, 2.24) is 9.66 Å².